The van der Waals surface area contributed by atoms with Crippen LogP contribution in [0, 0.1) is 28.4 Å². The lowest BCUT2D eigenvalue weighted by atomic mass is 10.1. The van der Waals surface area contributed by atoms with Gasteiger partial charge in [0.25, 0.3) is 5.69 Å². The third-order valence-corrected chi connectivity index (χ3v) is 5.10. The van der Waals surface area contributed by atoms with Crippen molar-refractivity contribution >= 4 is 11.4 Å². The van der Waals surface area contributed by atoms with Crippen molar-refractivity contribution in [3.05, 3.63) is 75.3 Å². The predicted octanol–water partition coefficient (Wildman–Crippen LogP) is 3.59. The summed E-state index contributed by atoms with van der Waals surface area (Å²) >= 11 is 0. The van der Waals surface area contributed by atoms with Crippen molar-refractivity contribution in [1.82, 2.24) is 9.80 Å². The predicted molar refractivity (Wildman–Crippen MR) is 111 cm³/mol. The second-order valence-electron chi connectivity index (χ2n) is 7.04. The van der Waals surface area contributed by atoms with E-state index in [2.05, 4.69) is 28.9 Å². The van der Waals surface area contributed by atoms with Crippen LogP contribution in [0.4, 0.5) is 5.69 Å². The number of piperazine rings is 1. The maximum absolute atomic E-state index is 11.1. The van der Waals surface area contributed by atoms with Crippen LogP contribution in [0.15, 0.2) is 48.5 Å². The van der Waals surface area contributed by atoms with Crippen LogP contribution in [0.1, 0.15) is 16.7 Å². The van der Waals surface area contributed by atoms with Crippen LogP contribution in [0.2, 0.25) is 0 Å². The number of nitro benzene ring substituents is 1. The molecule has 0 radical (unpaired) electrons. The van der Waals surface area contributed by atoms with E-state index >= 15 is 0 Å². The van der Waals surface area contributed by atoms with Crippen molar-refractivity contribution in [1.29, 1.82) is 5.26 Å². The van der Waals surface area contributed by atoms with Crippen molar-refractivity contribution in [3.63, 3.8) is 0 Å². The Bertz CT molecular complexity index is 957. The van der Waals surface area contributed by atoms with Gasteiger partial charge in [-0.15, -0.1) is 0 Å². The molecule has 1 heterocycles. The molecule has 150 valence electrons. The maximum atomic E-state index is 11.1. The van der Waals surface area contributed by atoms with Crippen LogP contribution in [-0.2, 0) is 6.54 Å². The minimum atomic E-state index is -0.416. The Balaban J connectivity index is 1.71. The number of nitrogens with zero attached hydrogens (tertiary/aromatic N) is 4. The Hall–Kier alpha value is -3.37. The number of non-ortho nitro benzene ring substituents is 1. The van der Waals surface area contributed by atoms with Gasteiger partial charge in [0.05, 0.1) is 23.8 Å². The van der Waals surface area contributed by atoms with Gasteiger partial charge >= 0.3 is 0 Å². The fourth-order valence-corrected chi connectivity index (χ4v) is 3.62. The quantitative estimate of drug-likeness (QED) is 0.424. The van der Waals surface area contributed by atoms with Crippen molar-refractivity contribution < 1.29 is 9.66 Å². The van der Waals surface area contributed by atoms with Crippen molar-refractivity contribution in [2.45, 2.75) is 13.5 Å². The second-order valence-corrected chi connectivity index (χ2v) is 7.04. The third kappa shape index (κ3) is 4.92. The standard InChI is InChI=1S/C22H24N4O3/c1-17-6-7-22(29-2)19(14-17)16-24-10-12-25(13-11-24)21(8-9-23)18-4-3-5-20(15-18)26(27)28/h3-8,14-15H,10-13,16H2,1-2H3/b21-8-. The topological polar surface area (TPSA) is 82.6 Å². The number of nitriles is 1. The number of methoxy groups -OCH3 is 1. The van der Waals surface area contributed by atoms with Crippen LogP contribution >= 0.6 is 0 Å². The van der Waals surface area contributed by atoms with E-state index in [0.29, 0.717) is 5.56 Å². The summed E-state index contributed by atoms with van der Waals surface area (Å²) in [6, 6.07) is 14.7. The summed E-state index contributed by atoms with van der Waals surface area (Å²) in [5.74, 6) is 0.889. The normalized spacial score (nSPS) is 15.1. The van der Waals surface area contributed by atoms with Gasteiger partial charge < -0.3 is 9.64 Å². The van der Waals surface area contributed by atoms with Gasteiger partial charge in [0, 0.05) is 62.1 Å². The first kappa shape index (κ1) is 20.4. The Morgan fingerprint density at radius 3 is 2.66 bits per heavy atom. The average molecular weight is 392 g/mol. The van der Waals surface area contributed by atoms with Crippen molar-refractivity contribution in [2.24, 2.45) is 0 Å². The summed E-state index contributed by atoms with van der Waals surface area (Å²) < 4.78 is 5.48. The van der Waals surface area contributed by atoms with E-state index in [-0.39, 0.29) is 5.69 Å². The molecule has 1 aliphatic heterocycles. The second kappa shape index (κ2) is 9.22. The molecule has 0 saturated carbocycles. The molecule has 2 aromatic carbocycles. The zero-order valence-electron chi connectivity index (χ0n) is 16.7. The highest BCUT2D eigenvalue weighted by Crippen LogP contribution is 2.26. The molecule has 1 fully saturated rings. The molecule has 7 heteroatoms. The van der Waals surface area contributed by atoms with Gasteiger partial charge in [0.1, 0.15) is 5.75 Å². The highest BCUT2D eigenvalue weighted by Gasteiger charge is 2.21. The van der Waals surface area contributed by atoms with Gasteiger partial charge in [-0.1, -0.05) is 29.8 Å². The summed E-state index contributed by atoms with van der Waals surface area (Å²) in [7, 11) is 1.68. The molecule has 1 saturated heterocycles. The zero-order chi connectivity index (χ0) is 20.8. The number of benzene rings is 2. The Morgan fingerprint density at radius 2 is 2.00 bits per heavy atom. The van der Waals surface area contributed by atoms with Crippen molar-refractivity contribution in [2.75, 3.05) is 33.3 Å². The summed E-state index contributed by atoms with van der Waals surface area (Å²) in [5.41, 5.74) is 3.80. The Labute approximate surface area is 170 Å². The van der Waals surface area contributed by atoms with Gasteiger partial charge in [-0.3, -0.25) is 15.0 Å². The minimum absolute atomic E-state index is 0.0246. The number of ether oxygens (including phenoxy) is 1. The molecular formula is C22H24N4O3. The third-order valence-electron chi connectivity index (χ3n) is 5.10. The Morgan fingerprint density at radius 1 is 1.24 bits per heavy atom. The number of allylic oxidation sites excluding steroid dienone is 1. The van der Waals surface area contributed by atoms with Crippen LogP contribution in [-0.4, -0.2) is 48.0 Å². The molecule has 0 spiro atoms. The lowest BCUT2D eigenvalue weighted by Gasteiger charge is -2.37. The molecule has 0 unspecified atom stereocenters. The minimum Gasteiger partial charge on any atom is -0.496 e. The molecule has 2 aromatic rings. The van der Waals surface area contributed by atoms with Crippen LogP contribution in [0.5, 0.6) is 5.75 Å². The first-order valence-corrected chi connectivity index (χ1v) is 9.47. The van der Waals surface area contributed by atoms with E-state index < -0.39 is 4.92 Å². The molecular weight excluding hydrogens is 368 g/mol. The first-order valence-electron chi connectivity index (χ1n) is 9.47. The molecule has 1 aliphatic rings. The maximum Gasteiger partial charge on any atom is 0.270 e. The highest BCUT2D eigenvalue weighted by atomic mass is 16.6. The average Bonchev–Trinajstić information content (AvgIpc) is 2.73. The van der Waals surface area contributed by atoms with Gasteiger partial charge in [-0.05, 0) is 13.0 Å². The largest absolute Gasteiger partial charge is 0.496 e. The summed E-state index contributed by atoms with van der Waals surface area (Å²) in [6.45, 7) is 6.00. The van der Waals surface area contributed by atoms with Crippen LogP contribution in [0.25, 0.3) is 5.70 Å². The smallest absolute Gasteiger partial charge is 0.270 e. The first-order chi connectivity index (χ1) is 14.0. The summed E-state index contributed by atoms with van der Waals surface area (Å²) in [5, 5.41) is 20.3. The van der Waals surface area contributed by atoms with E-state index in [0.717, 1.165) is 49.7 Å². The summed E-state index contributed by atoms with van der Waals surface area (Å²) in [6.07, 6.45) is 1.47. The number of nitro groups is 1. The van der Waals surface area contributed by atoms with Crippen LogP contribution in [0.3, 0.4) is 0 Å². The van der Waals surface area contributed by atoms with Gasteiger partial charge in [0.15, 0.2) is 0 Å². The lowest BCUT2D eigenvalue weighted by molar-refractivity contribution is -0.384. The molecule has 0 bridgehead atoms. The molecule has 0 atom stereocenters. The van der Waals surface area contributed by atoms with Gasteiger partial charge in [0.2, 0.25) is 0 Å². The molecule has 3 rings (SSSR count). The number of aryl methyl sites for hydroxylation is 1. The molecule has 0 aliphatic carbocycles. The molecule has 7 nitrogen and oxygen atoms in total. The molecule has 0 amide bonds. The van der Waals surface area contributed by atoms with Crippen molar-refractivity contribution in [3.8, 4) is 11.8 Å². The van der Waals surface area contributed by atoms with Crippen LogP contribution < -0.4 is 4.74 Å². The van der Waals surface area contributed by atoms with E-state index in [9.17, 15) is 15.4 Å². The fraction of sp³-hybridized carbons (Fsp3) is 0.318. The number of rotatable bonds is 6. The molecule has 0 N–H and O–H groups in total. The number of hydrogen-bond donors (Lipinski definition) is 0. The molecule has 0 aromatic heterocycles. The monoisotopic (exact) mass is 392 g/mol. The van der Waals surface area contributed by atoms with Gasteiger partial charge in [-0.2, -0.15) is 5.26 Å². The fourth-order valence-electron chi connectivity index (χ4n) is 3.62. The lowest BCUT2D eigenvalue weighted by Crippen LogP contribution is -2.45. The van der Waals surface area contributed by atoms with Gasteiger partial charge in [-0.25, -0.2) is 0 Å². The van der Waals surface area contributed by atoms with E-state index in [1.165, 1.54) is 23.8 Å². The number of hydrogen-bond acceptors (Lipinski definition) is 6. The Kier molecular flexibility index (Phi) is 6.47. The summed E-state index contributed by atoms with van der Waals surface area (Å²) in [4.78, 5) is 15.1. The molecule has 29 heavy (non-hydrogen) atoms. The van der Waals surface area contributed by atoms with E-state index in [1.54, 1.807) is 19.2 Å². The highest BCUT2D eigenvalue weighted by molar-refractivity contribution is 5.68. The SMILES string of the molecule is COc1ccc(C)cc1CN1CCN(/C(=C\C#N)c2cccc([N+](=O)[O-])c2)CC1. The van der Waals surface area contributed by atoms with E-state index in [4.69, 9.17) is 4.74 Å². The van der Waals surface area contributed by atoms with E-state index in [1.807, 2.05) is 12.1 Å². The zero-order valence-corrected chi connectivity index (χ0v) is 16.7.